The maximum absolute atomic E-state index is 13.3. The molecule has 8 heteroatoms. The van der Waals surface area contributed by atoms with Crippen LogP contribution in [0.15, 0.2) is 23.6 Å². The van der Waals surface area contributed by atoms with Crippen molar-refractivity contribution in [3.05, 3.63) is 39.8 Å². The maximum Gasteiger partial charge on any atom is 0.270 e. The van der Waals surface area contributed by atoms with E-state index in [4.69, 9.17) is 9.47 Å². The predicted octanol–water partition coefficient (Wildman–Crippen LogP) is 3.47. The van der Waals surface area contributed by atoms with Gasteiger partial charge < -0.3 is 20.1 Å². The lowest BCUT2D eigenvalue weighted by Crippen LogP contribution is -2.69. The van der Waals surface area contributed by atoms with Gasteiger partial charge in [-0.3, -0.25) is 9.59 Å². The Morgan fingerprint density at radius 3 is 2.44 bits per heavy atom. The van der Waals surface area contributed by atoms with Crippen LogP contribution >= 0.6 is 11.3 Å². The van der Waals surface area contributed by atoms with Crippen LogP contribution < -0.4 is 20.1 Å². The average Bonchev–Trinajstić information content (AvgIpc) is 3.16. The van der Waals surface area contributed by atoms with Gasteiger partial charge in [0, 0.05) is 22.2 Å². The Labute approximate surface area is 190 Å². The van der Waals surface area contributed by atoms with E-state index < -0.39 is 0 Å². The van der Waals surface area contributed by atoms with Crippen LogP contribution in [-0.2, 0) is 0 Å². The van der Waals surface area contributed by atoms with E-state index in [-0.39, 0.29) is 22.9 Å². The molecular formula is C24H27N3O4S. The number of aryl methyl sites for hydroxylation is 1. The lowest BCUT2D eigenvalue weighted by Gasteiger charge is -2.62. The largest absolute Gasteiger partial charge is 0.485 e. The number of fused-ring (bicyclic) bond motifs is 1. The number of hydrogen-bond donors (Lipinski definition) is 2. The Hall–Kier alpha value is -2.61. The number of nitrogens with zero attached hydrogens (tertiary/aromatic N) is 1. The van der Waals surface area contributed by atoms with Gasteiger partial charge in [0.05, 0.1) is 0 Å². The van der Waals surface area contributed by atoms with E-state index in [1.165, 1.54) is 17.8 Å². The van der Waals surface area contributed by atoms with Gasteiger partial charge in [-0.15, -0.1) is 11.3 Å². The van der Waals surface area contributed by atoms with Crippen molar-refractivity contribution >= 4 is 23.2 Å². The molecule has 2 unspecified atom stereocenters. The number of thiophene rings is 1. The zero-order chi connectivity index (χ0) is 21.9. The summed E-state index contributed by atoms with van der Waals surface area (Å²) in [6.07, 6.45) is 5.85. The zero-order valence-electron chi connectivity index (χ0n) is 18.1. The fourth-order valence-electron chi connectivity index (χ4n) is 6.85. The second-order valence-corrected chi connectivity index (χ2v) is 10.9. The molecule has 2 atom stereocenters. The van der Waals surface area contributed by atoms with Crippen molar-refractivity contribution in [2.45, 2.75) is 56.5 Å². The number of ether oxygens (including phenoxy) is 2. The monoisotopic (exact) mass is 453 g/mol. The number of hydrogen-bond acceptors (Lipinski definition) is 6. The lowest BCUT2D eigenvalue weighted by atomic mass is 9.50. The molecule has 4 aliphatic carbocycles. The Morgan fingerprint density at radius 2 is 1.72 bits per heavy atom. The minimum absolute atomic E-state index is 0.0921. The molecule has 168 valence electrons. The van der Waals surface area contributed by atoms with Gasteiger partial charge in [-0.25, -0.2) is 4.98 Å². The normalized spacial score (nSPS) is 31.9. The molecule has 7 rings (SSSR count). The summed E-state index contributed by atoms with van der Waals surface area (Å²) < 4.78 is 11.3. The molecule has 4 fully saturated rings. The number of rotatable bonds is 4. The van der Waals surface area contributed by atoms with E-state index in [9.17, 15) is 9.59 Å². The molecule has 7 nitrogen and oxygen atoms in total. The highest BCUT2D eigenvalue weighted by Gasteiger charge is 2.59. The number of carbonyl (C=O) groups is 2. The molecule has 2 amide bonds. The van der Waals surface area contributed by atoms with Crippen molar-refractivity contribution < 1.29 is 19.1 Å². The van der Waals surface area contributed by atoms with E-state index in [0.29, 0.717) is 47.1 Å². The van der Waals surface area contributed by atoms with Crippen LogP contribution in [0.25, 0.3) is 0 Å². The third-order valence-corrected chi connectivity index (χ3v) is 8.39. The highest BCUT2D eigenvalue weighted by molar-refractivity contribution is 7.12. The van der Waals surface area contributed by atoms with E-state index >= 15 is 0 Å². The summed E-state index contributed by atoms with van der Waals surface area (Å²) in [5.74, 6) is 2.04. The summed E-state index contributed by atoms with van der Waals surface area (Å²) in [6, 6.07) is 5.53. The van der Waals surface area contributed by atoms with Crippen LogP contribution in [0.4, 0.5) is 0 Å². The minimum Gasteiger partial charge on any atom is -0.485 e. The molecule has 4 saturated carbocycles. The third kappa shape index (κ3) is 3.36. The van der Waals surface area contributed by atoms with Crippen LogP contribution in [0.5, 0.6) is 11.5 Å². The molecule has 0 radical (unpaired) electrons. The summed E-state index contributed by atoms with van der Waals surface area (Å²) >= 11 is 1.37. The zero-order valence-corrected chi connectivity index (χ0v) is 18.9. The van der Waals surface area contributed by atoms with Gasteiger partial charge in [0.2, 0.25) is 0 Å². The van der Waals surface area contributed by atoms with Crippen LogP contribution in [0, 0.1) is 18.8 Å². The molecule has 2 aromatic heterocycles. The highest BCUT2D eigenvalue weighted by Crippen LogP contribution is 2.57. The van der Waals surface area contributed by atoms with Gasteiger partial charge in [-0.05, 0) is 69.4 Å². The first-order valence-electron chi connectivity index (χ1n) is 11.4. The van der Waals surface area contributed by atoms with E-state index in [1.807, 2.05) is 24.4 Å². The fraction of sp³-hybridized carbons (Fsp3) is 0.542. The number of amides is 2. The molecular weight excluding hydrogens is 426 g/mol. The molecule has 2 aromatic rings. The fourth-order valence-corrected chi connectivity index (χ4v) is 7.67. The first-order valence-corrected chi connectivity index (χ1v) is 12.3. The topological polar surface area (TPSA) is 89.6 Å². The molecule has 4 bridgehead atoms. The summed E-state index contributed by atoms with van der Waals surface area (Å²) in [6.45, 7) is 2.86. The summed E-state index contributed by atoms with van der Waals surface area (Å²) in [7, 11) is 0. The smallest absolute Gasteiger partial charge is 0.270 e. The second-order valence-electron chi connectivity index (χ2n) is 10.0. The number of nitrogens with one attached hydrogen (secondary N) is 2. The van der Waals surface area contributed by atoms with E-state index in [1.54, 1.807) is 6.07 Å². The van der Waals surface area contributed by atoms with Gasteiger partial charge in [0.25, 0.3) is 11.8 Å². The minimum atomic E-state index is -0.291. The van der Waals surface area contributed by atoms with Crippen molar-refractivity contribution in [2.24, 2.45) is 11.8 Å². The van der Waals surface area contributed by atoms with Crippen LogP contribution in [0.3, 0.4) is 0 Å². The van der Waals surface area contributed by atoms with Crippen LogP contribution in [0.2, 0.25) is 0 Å². The van der Waals surface area contributed by atoms with E-state index in [0.717, 1.165) is 37.8 Å². The van der Waals surface area contributed by atoms with Gasteiger partial charge in [0.1, 0.15) is 23.8 Å². The molecule has 0 aromatic carbocycles. The van der Waals surface area contributed by atoms with Crippen LogP contribution in [0.1, 0.15) is 64.4 Å². The average molecular weight is 454 g/mol. The molecule has 3 heterocycles. The molecule has 32 heavy (non-hydrogen) atoms. The Balaban J connectivity index is 1.24. The standard InChI is InChI=1S/C24H27N3O4S/c1-14-3-2-4-17(25-14)21(28)26-23-8-15-7-16(9-23)11-24(10-15,13-23)27-22(29)20-19-18(12-32-20)30-5-6-31-19/h2-4,12,15-16H,5-11,13H2,1H3,(H,26,28)(H,27,29). The predicted molar refractivity (Wildman–Crippen MR) is 119 cm³/mol. The number of carbonyl (C=O) groups excluding carboxylic acids is 2. The van der Waals surface area contributed by atoms with E-state index in [2.05, 4.69) is 15.6 Å². The van der Waals surface area contributed by atoms with Crippen molar-refractivity contribution in [3.63, 3.8) is 0 Å². The summed E-state index contributed by atoms with van der Waals surface area (Å²) in [5, 5.41) is 8.60. The summed E-state index contributed by atoms with van der Waals surface area (Å²) in [4.78, 5) is 31.4. The van der Waals surface area contributed by atoms with Gasteiger partial charge >= 0.3 is 0 Å². The molecule has 5 aliphatic rings. The molecule has 2 N–H and O–H groups in total. The van der Waals surface area contributed by atoms with Crippen molar-refractivity contribution in [2.75, 3.05) is 13.2 Å². The number of pyridine rings is 1. The molecule has 0 saturated heterocycles. The first kappa shape index (κ1) is 20.0. The lowest BCUT2D eigenvalue weighted by molar-refractivity contribution is -0.0448. The van der Waals surface area contributed by atoms with Crippen molar-refractivity contribution in [1.82, 2.24) is 15.6 Å². The molecule has 1 aliphatic heterocycles. The Kier molecular flexibility index (Phi) is 4.51. The summed E-state index contributed by atoms with van der Waals surface area (Å²) in [5.41, 5.74) is 0.716. The number of aromatic nitrogens is 1. The van der Waals surface area contributed by atoms with Crippen LogP contribution in [-0.4, -0.2) is 41.1 Å². The van der Waals surface area contributed by atoms with Crippen molar-refractivity contribution in [3.8, 4) is 11.5 Å². The van der Waals surface area contributed by atoms with Gasteiger partial charge in [-0.1, -0.05) is 6.07 Å². The first-order chi connectivity index (χ1) is 15.4. The highest BCUT2D eigenvalue weighted by atomic mass is 32.1. The quantitative estimate of drug-likeness (QED) is 0.740. The molecule has 0 spiro atoms. The van der Waals surface area contributed by atoms with Crippen molar-refractivity contribution in [1.29, 1.82) is 0 Å². The third-order valence-electron chi connectivity index (χ3n) is 7.45. The van der Waals surface area contributed by atoms with Gasteiger partial charge in [-0.2, -0.15) is 0 Å². The van der Waals surface area contributed by atoms with Gasteiger partial charge in [0.15, 0.2) is 11.5 Å². The maximum atomic E-state index is 13.3. The SMILES string of the molecule is Cc1cccc(C(=O)NC23CC4CC(C2)CC(NC(=O)c2scc5c2OCCO5)(C4)C3)n1. The second kappa shape index (κ2) is 7.20. The Bertz CT molecular complexity index is 1080. The Morgan fingerprint density at radius 1 is 1.03 bits per heavy atom.